The van der Waals surface area contributed by atoms with Crippen LogP contribution in [0.4, 0.5) is 11.5 Å². The summed E-state index contributed by atoms with van der Waals surface area (Å²) >= 11 is 1.52. The van der Waals surface area contributed by atoms with Gasteiger partial charge in [0.05, 0.1) is 11.9 Å². The third-order valence-corrected chi connectivity index (χ3v) is 5.23. The molecule has 30 heavy (non-hydrogen) atoms. The Hall–Kier alpha value is -3.38. The molecule has 0 aliphatic carbocycles. The Kier molecular flexibility index (Phi) is 6.25. The highest BCUT2D eigenvalue weighted by Crippen LogP contribution is 2.33. The van der Waals surface area contributed by atoms with E-state index < -0.39 is 0 Å². The predicted octanol–water partition coefficient (Wildman–Crippen LogP) is 5.61. The summed E-state index contributed by atoms with van der Waals surface area (Å²) < 4.78 is 6.10. The first-order valence-corrected chi connectivity index (χ1v) is 10.8. The first-order valence-electron chi connectivity index (χ1n) is 9.57. The van der Waals surface area contributed by atoms with E-state index in [4.69, 9.17) is 4.74 Å². The zero-order chi connectivity index (χ0) is 20.8. The second-order valence-corrected chi connectivity index (χ2v) is 7.42. The monoisotopic (exact) mass is 414 g/mol. The van der Waals surface area contributed by atoms with Crippen molar-refractivity contribution in [2.24, 2.45) is 0 Å². The molecule has 0 spiro atoms. The van der Waals surface area contributed by atoms with Gasteiger partial charge in [0, 0.05) is 18.8 Å². The summed E-state index contributed by atoms with van der Waals surface area (Å²) in [6, 6.07) is 24.2. The fourth-order valence-electron chi connectivity index (χ4n) is 3.04. The minimum absolute atomic E-state index is 0.464. The normalized spacial score (nSPS) is 10.6. The second-order valence-electron chi connectivity index (χ2n) is 6.65. The maximum Gasteiger partial charge on any atom is 0.221 e. The summed E-state index contributed by atoms with van der Waals surface area (Å²) in [6.45, 7) is 0.464. The van der Waals surface area contributed by atoms with Gasteiger partial charge in [-0.3, -0.25) is 0 Å². The van der Waals surface area contributed by atoms with Crippen molar-refractivity contribution >= 4 is 23.3 Å². The Labute approximate surface area is 180 Å². The van der Waals surface area contributed by atoms with Gasteiger partial charge in [-0.25, -0.2) is 15.0 Å². The first-order chi connectivity index (χ1) is 14.7. The standard InChI is InChI=1S/C24H22N4OS/c1-28(22-13-14-25-24(27-22)30-2)20-15-21(19-11-7-4-8-12-19)23(26-16-20)29-17-18-9-5-3-6-10-18/h3-16H,17H2,1-2H3. The zero-order valence-corrected chi connectivity index (χ0v) is 17.7. The molecule has 0 unspecified atom stereocenters. The van der Waals surface area contributed by atoms with Crippen molar-refractivity contribution in [3.63, 3.8) is 0 Å². The number of hydrogen-bond acceptors (Lipinski definition) is 6. The largest absolute Gasteiger partial charge is 0.472 e. The molecule has 6 heteroatoms. The van der Waals surface area contributed by atoms with Crippen molar-refractivity contribution in [2.75, 3.05) is 18.2 Å². The van der Waals surface area contributed by atoms with E-state index in [0.717, 1.165) is 33.4 Å². The number of thioether (sulfide) groups is 1. The third kappa shape index (κ3) is 4.60. The number of anilines is 2. The van der Waals surface area contributed by atoms with E-state index in [-0.39, 0.29) is 0 Å². The van der Waals surface area contributed by atoms with Crippen LogP contribution in [-0.4, -0.2) is 28.3 Å². The van der Waals surface area contributed by atoms with E-state index >= 15 is 0 Å². The molecule has 0 aliphatic rings. The smallest absolute Gasteiger partial charge is 0.221 e. The van der Waals surface area contributed by atoms with Crippen LogP contribution in [0.5, 0.6) is 5.88 Å². The number of hydrogen-bond donors (Lipinski definition) is 0. The Morgan fingerprint density at radius 2 is 1.67 bits per heavy atom. The SMILES string of the molecule is CSc1nccc(N(C)c2cnc(OCc3ccccc3)c(-c3ccccc3)c2)n1. The summed E-state index contributed by atoms with van der Waals surface area (Å²) in [5.74, 6) is 1.42. The number of nitrogens with zero attached hydrogens (tertiary/aromatic N) is 4. The highest BCUT2D eigenvalue weighted by molar-refractivity contribution is 7.98. The van der Waals surface area contributed by atoms with Crippen molar-refractivity contribution in [1.29, 1.82) is 0 Å². The molecule has 4 rings (SSSR count). The average molecular weight is 415 g/mol. The molecule has 0 radical (unpaired) electrons. The number of aromatic nitrogens is 3. The van der Waals surface area contributed by atoms with Gasteiger partial charge in [0.15, 0.2) is 5.16 Å². The molecule has 0 aliphatic heterocycles. The van der Waals surface area contributed by atoms with Gasteiger partial charge in [0.1, 0.15) is 12.4 Å². The molecule has 0 saturated carbocycles. The average Bonchev–Trinajstić information content (AvgIpc) is 2.83. The van der Waals surface area contributed by atoms with Crippen LogP contribution in [0.15, 0.2) is 90.3 Å². The molecule has 4 aromatic rings. The third-order valence-electron chi connectivity index (χ3n) is 4.67. The highest BCUT2D eigenvalue weighted by atomic mass is 32.2. The van der Waals surface area contributed by atoms with Crippen LogP contribution in [-0.2, 0) is 6.61 Å². The van der Waals surface area contributed by atoms with E-state index in [0.29, 0.717) is 12.5 Å². The van der Waals surface area contributed by atoms with Gasteiger partial charge in [-0.15, -0.1) is 0 Å². The van der Waals surface area contributed by atoms with Gasteiger partial charge in [-0.1, -0.05) is 72.4 Å². The number of pyridine rings is 1. The van der Waals surface area contributed by atoms with Crippen LogP contribution in [0.2, 0.25) is 0 Å². The first kappa shape index (κ1) is 19.9. The molecule has 0 saturated heterocycles. The van der Waals surface area contributed by atoms with Crippen molar-refractivity contribution in [3.8, 4) is 17.0 Å². The maximum atomic E-state index is 6.10. The van der Waals surface area contributed by atoms with E-state index in [1.165, 1.54) is 11.8 Å². The number of benzene rings is 2. The Morgan fingerprint density at radius 3 is 2.40 bits per heavy atom. The zero-order valence-electron chi connectivity index (χ0n) is 16.9. The molecule has 0 atom stereocenters. The Bertz CT molecular complexity index is 1110. The van der Waals surface area contributed by atoms with E-state index in [1.54, 1.807) is 6.20 Å². The molecule has 2 heterocycles. The Morgan fingerprint density at radius 1 is 0.933 bits per heavy atom. The molecule has 0 bridgehead atoms. The van der Waals surface area contributed by atoms with Crippen molar-refractivity contribution < 1.29 is 4.74 Å². The fourth-order valence-corrected chi connectivity index (χ4v) is 3.39. The minimum Gasteiger partial charge on any atom is -0.472 e. The van der Waals surface area contributed by atoms with Crippen LogP contribution in [0.3, 0.4) is 0 Å². The van der Waals surface area contributed by atoms with Gasteiger partial charge in [0.25, 0.3) is 0 Å². The van der Waals surface area contributed by atoms with Gasteiger partial charge in [-0.05, 0) is 29.5 Å². The topological polar surface area (TPSA) is 51.1 Å². The quantitative estimate of drug-likeness (QED) is 0.289. The summed E-state index contributed by atoms with van der Waals surface area (Å²) in [6.07, 6.45) is 5.55. The summed E-state index contributed by atoms with van der Waals surface area (Å²) in [4.78, 5) is 15.5. The second kappa shape index (κ2) is 9.41. The summed E-state index contributed by atoms with van der Waals surface area (Å²) in [5.41, 5.74) is 4.02. The van der Waals surface area contributed by atoms with Crippen LogP contribution in [0, 0.1) is 0 Å². The van der Waals surface area contributed by atoms with Crippen molar-refractivity contribution in [2.45, 2.75) is 11.8 Å². The van der Waals surface area contributed by atoms with E-state index in [9.17, 15) is 0 Å². The summed E-state index contributed by atoms with van der Waals surface area (Å²) in [5, 5.41) is 0.735. The molecule has 2 aromatic carbocycles. The van der Waals surface area contributed by atoms with Crippen LogP contribution < -0.4 is 9.64 Å². The predicted molar refractivity (Wildman–Crippen MR) is 122 cm³/mol. The maximum absolute atomic E-state index is 6.10. The van der Waals surface area contributed by atoms with Crippen molar-refractivity contribution in [1.82, 2.24) is 15.0 Å². The van der Waals surface area contributed by atoms with Crippen LogP contribution in [0.1, 0.15) is 5.56 Å². The van der Waals surface area contributed by atoms with E-state index in [1.807, 2.05) is 79.0 Å². The number of rotatable bonds is 7. The van der Waals surface area contributed by atoms with Gasteiger partial charge < -0.3 is 9.64 Å². The molecular weight excluding hydrogens is 392 g/mol. The molecule has 0 N–H and O–H groups in total. The Balaban J connectivity index is 1.68. The molecule has 5 nitrogen and oxygen atoms in total. The molecule has 0 amide bonds. The molecule has 2 aromatic heterocycles. The summed E-state index contributed by atoms with van der Waals surface area (Å²) in [7, 11) is 1.97. The van der Waals surface area contributed by atoms with Crippen molar-refractivity contribution in [3.05, 3.63) is 90.8 Å². The van der Waals surface area contributed by atoms with Crippen LogP contribution in [0.25, 0.3) is 11.1 Å². The van der Waals surface area contributed by atoms with Gasteiger partial charge in [-0.2, -0.15) is 0 Å². The number of ether oxygens (including phenoxy) is 1. The molecule has 150 valence electrons. The van der Waals surface area contributed by atoms with Crippen LogP contribution >= 0.6 is 11.8 Å². The lowest BCUT2D eigenvalue weighted by Gasteiger charge is -2.20. The van der Waals surface area contributed by atoms with Gasteiger partial charge >= 0.3 is 0 Å². The molecule has 0 fully saturated rings. The highest BCUT2D eigenvalue weighted by Gasteiger charge is 2.14. The minimum atomic E-state index is 0.464. The lowest BCUT2D eigenvalue weighted by atomic mass is 10.1. The van der Waals surface area contributed by atoms with E-state index in [2.05, 4.69) is 33.2 Å². The lowest BCUT2D eigenvalue weighted by molar-refractivity contribution is 0.295. The van der Waals surface area contributed by atoms with Gasteiger partial charge in [0.2, 0.25) is 5.88 Å². The lowest BCUT2D eigenvalue weighted by Crippen LogP contribution is -2.12. The fraction of sp³-hybridized carbons (Fsp3) is 0.125. The molecular formula is C24H22N4OS.